The molecule has 3 nitrogen and oxygen atoms in total. The fraction of sp³-hybridized carbons (Fsp3) is 0.714. The van der Waals surface area contributed by atoms with E-state index in [2.05, 4.69) is 26.1 Å². The summed E-state index contributed by atoms with van der Waals surface area (Å²) in [6, 6.07) is 2.23. The van der Waals surface area contributed by atoms with Gasteiger partial charge in [0.1, 0.15) is 0 Å². The lowest BCUT2D eigenvalue weighted by atomic mass is 9.95. The number of furan rings is 1. The molecular formula is C14H25NO2. The maximum Gasteiger partial charge on any atom is 0.0951 e. The van der Waals surface area contributed by atoms with Crippen molar-refractivity contribution in [1.82, 2.24) is 5.32 Å². The van der Waals surface area contributed by atoms with Crippen LogP contribution >= 0.6 is 0 Å². The van der Waals surface area contributed by atoms with Crippen LogP contribution in [0.4, 0.5) is 0 Å². The Bertz CT molecular complexity index is 282. The van der Waals surface area contributed by atoms with Crippen LogP contribution in [0.5, 0.6) is 0 Å². The molecule has 0 saturated carbocycles. The van der Waals surface area contributed by atoms with Gasteiger partial charge in [0.25, 0.3) is 0 Å². The maximum atomic E-state index is 5.88. The third kappa shape index (κ3) is 4.17. The number of ether oxygens (including phenoxy) is 1. The summed E-state index contributed by atoms with van der Waals surface area (Å²) in [5.41, 5.74) is 1.17. The molecule has 1 aromatic heterocycles. The van der Waals surface area contributed by atoms with Crippen molar-refractivity contribution in [1.29, 1.82) is 0 Å². The zero-order valence-electron chi connectivity index (χ0n) is 11.4. The second-order valence-corrected chi connectivity index (χ2v) is 4.65. The molecule has 2 unspecified atom stereocenters. The lowest BCUT2D eigenvalue weighted by Crippen LogP contribution is -2.37. The quantitative estimate of drug-likeness (QED) is 0.755. The van der Waals surface area contributed by atoms with Gasteiger partial charge in [0.15, 0.2) is 0 Å². The summed E-state index contributed by atoms with van der Waals surface area (Å²) in [4.78, 5) is 0. The number of hydrogen-bond acceptors (Lipinski definition) is 3. The molecule has 3 heteroatoms. The smallest absolute Gasteiger partial charge is 0.0951 e. The van der Waals surface area contributed by atoms with E-state index in [4.69, 9.17) is 9.15 Å². The van der Waals surface area contributed by atoms with Crippen molar-refractivity contribution in [2.45, 2.75) is 46.3 Å². The van der Waals surface area contributed by atoms with Crippen molar-refractivity contribution in [2.24, 2.45) is 5.92 Å². The summed E-state index contributed by atoms with van der Waals surface area (Å²) < 4.78 is 11.1. The first-order chi connectivity index (χ1) is 8.20. The fourth-order valence-corrected chi connectivity index (χ4v) is 2.04. The van der Waals surface area contributed by atoms with Gasteiger partial charge >= 0.3 is 0 Å². The van der Waals surface area contributed by atoms with E-state index in [1.54, 1.807) is 6.26 Å². The second-order valence-electron chi connectivity index (χ2n) is 4.65. The van der Waals surface area contributed by atoms with Crippen molar-refractivity contribution in [2.75, 3.05) is 13.2 Å². The minimum atomic E-state index is 0.184. The second kappa shape index (κ2) is 7.51. The molecule has 1 aromatic rings. The molecule has 17 heavy (non-hydrogen) atoms. The molecule has 1 heterocycles. The topological polar surface area (TPSA) is 34.4 Å². The molecule has 2 atom stereocenters. The molecule has 98 valence electrons. The van der Waals surface area contributed by atoms with Gasteiger partial charge in [-0.05, 0) is 31.9 Å². The molecule has 0 amide bonds. The third-order valence-electron chi connectivity index (χ3n) is 2.86. The Hall–Kier alpha value is -0.800. The molecule has 0 spiro atoms. The van der Waals surface area contributed by atoms with Crippen LogP contribution in [0.3, 0.4) is 0 Å². The van der Waals surface area contributed by atoms with Gasteiger partial charge in [0, 0.05) is 12.2 Å². The van der Waals surface area contributed by atoms with Gasteiger partial charge in [0.2, 0.25) is 0 Å². The zero-order chi connectivity index (χ0) is 12.7. The molecule has 0 aromatic carbocycles. The summed E-state index contributed by atoms with van der Waals surface area (Å²) >= 11 is 0. The van der Waals surface area contributed by atoms with Crippen molar-refractivity contribution in [3.8, 4) is 0 Å². The first-order valence-electron chi connectivity index (χ1n) is 6.57. The van der Waals surface area contributed by atoms with Gasteiger partial charge in [-0.3, -0.25) is 0 Å². The van der Waals surface area contributed by atoms with Crippen LogP contribution < -0.4 is 5.32 Å². The average Bonchev–Trinajstić information content (AvgIpc) is 2.81. The molecule has 1 N–H and O–H groups in total. The highest BCUT2D eigenvalue weighted by molar-refractivity contribution is 5.14. The van der Waals surface area contributed by atoms with E-state index in [9.17, 15) is 0 Å². The monoisotopic (exact) mass is 239 g/mol. The molecule has 0 radical (unpaired) electrons. The molecule has 0 saturated heterocycles. The number of rotatable bonds is 8. The Balaban J connectivity index is 2.79. The molecule has 0 fully saturated rings. The highest BCUT2D eigenvalue weighted by Gasteiger charge is 2.26. The van der Waals surface area contributed by atoms with E-state index in [1.807, 2.05) is 19.3 Å². The molecule has 0 bridgehead atoms. The normalized spacial score (nSPS) is 15.1. The lowest BCUT2D eigenvalue weighted by molar-refractivity contribution is 0.00271. The van der Waals surface area contributed by atoms with Gasteiger partial charge in [-0.15, -0.1) is 0 Å². The van der Waals surface area contributed by atoms with E-state index < -0.39 is 0 Å². The first kappa shape index (κ1) is 14.3. The van der Waals surface area contributed by atoms with Crippen LogP contribution in [-0.4, -0.2) is 19.3 Å². The van der Waals surface area contributed by atoms with E-state index in [1.165, 1.54) is 5.56 Å². The van der Waals surface area contributed by atoms with Crippen LogP contribution in [-0.2, 0) is 4.74 Å². The van der Waals surface area contributed by atoms with Crippen LogP contribution in [0.1, 0.15) is 45.7 Å². The number of hydrogen-bond donors (Lipinski definition) is 1. The SMILES string of the molecule is CCCNC(c1ccoc1)C(OCC)C(C)C. The Morgan fingerprint density at radius 3 is 2.59 bits per heavy atom. The highest BCUT2D eigenvalue weighted by atomic mass is 16.5. The minimum absolute atomic E-state index is 0.184. The molecule has 0 aliphatic carbocycles. The number of nitrogens with one attached hydrogen (secondary N) is 1. The van der Waals surface area contributed by atoms with Crippen molar-refractivity contribution < 1.29 is 9.15 Å². The van der Waals surface area contributed by atoms with E-state index in [-0.39, 0.29) is 12.1 Å². The standard InChI is InChI=1S/C14H25NO2/c1-5-8-15-13(12-7-9-16-10-12)14(11(3)4)17-6-2/h7,9-11,13-15H,5-6,8H2,1-4H3. The van der Waals surface area contributed by atoms with Crippen molar-refractivity contribution in [3.63, 3.8) is 0 Å². The Morgan fingerprint density at radius 1 is 1.35 bits per heavy atom. The van der Waals surface area contributed by atoms with Crippen molar-refractivity contribution >= 4 is 0 Å². The maximum absolute atomic E-state index is 5.88. The van der Waals surface area contributed by atoms with Gasteiger partial charge < -0.3 is 14.5 Å². The van der Waals surface area contributed by atoms with E-state index in [0.717, 1.165) is 19.6 Å². The third-order valence-corrected chi connectivity index (χ3v) is 2.86. The summed E-state index contributed by atoms with van der Waals surface area (Å²) in [7, 11) is 0. The predicted octanol–water partition coefficient (Wildman–Crippen LogP) is 3.38. The van der Waals surface area contributed by atoms with Gasteiger partial charge in [-0.1, -0.05) is 20.8 Å². The summed E-state index contributed by atoms with van der Waals surface area (Å²) in [5, 5.41) is 3.55. The Labute approximate surface area is 105 Å². The fourth-order valence-electron chi connectivity index (χ4n) is 2.04. The van der Waals surface area contributed by atoms with E-state index in [0.29, 0.717) is 5.92 Å². The van der Waals surface area contributed by atoms with E-state index >= 15 is 0 Å². The van der Waals surface area contributed by atoms with Crippen LogP contribution in [0, 0.1) is 5.92 Å². The highest BCUT2D eigenvalue weighted by Crippen LogP contribution is 2.25. The van der Waals surface area contributed by atoms with Crippen LogP contribution in [0.2, 0.25) is 0 Å². The largest absolute Gasteiger partial charge is 0.472 e. The van der Waals surface area contributed by atoms with Crippen LogP contribution in [0.15, 0.2) is 23.0 Å². The Kier molecular flexibility index (Phi) is 6.30. The minimum Gasteiger partial charge on any atom is -0.472 e. The van der Waals surface area contributed by atoms with Gasteiger partial charge in [-0.2, -0.15) is 0 Å². The Morgan fingerprint density at radius 2 is 2.12 bits per heavy atom. The molecule has 1 rings (SSSR count). The zero-order valence-corrected chi connectivity index (χ0v) is 11.4. The first-order valence-corrected chi connectivity index (χ1v) is 6.57. The lowest BCUT2D eigenvalue weighted by Gasteiger charge is -2.30. The summed E-state index contributed by atoms with van der Waals surface area (Å²) in [6.07, 6.45) is 4.83. The average molecular weight is 239 g/mol. The van der Waals surface area contributed by atoms with Gasteiger partial charge in [0.05, 0.1) is 24.7 Å². The van der Waals surface area contributed by atoms with Gasteiger partial charge in [-0.25, -0.2) is 0 Å². The summed E-state index contributed by atoms with van der Waals surface area (Å²) in [6.45, 7) is 10.3. The molecule has 0 aliphatic heterocycles. The molecular weight excluding hydrogens is 214 g/mol. The predicted molar refractivity (Wildman–Crippen MR) is 70.0 cm³/mol. The summed E-state index contributed by atoms with van der Waals surface area (Å²) in [5.74, 6) is 0.471. The van der Waals surface area contributed by atoms with Crippen molar-refractivity contribution in [3.05, 3.63) is 24.2 Å². The molecule has 0 aliphatic rings. The van der Waals surface area contributed by atoms with Crippen LogP contribution in [0.25, 0.3) is 0 Å².